The van der Waals surface area contributed by atoms with Gasteiger partial charge in [0.2, 0.25) is 0 Å². The molecule has 0 radical (unpaired) electrons. The predicted molar refractivity (Wildman–Crippen MR) is 267 cm³/mol. The summed E-state index contributed by atoms with van der Waals surface area (Å²) in [6.07, 6.45) is 19.1. The quantitative estimate of drug-likeness (QED) is 0.0501. The van der Waals surface area contributed by atoms with Gasteiger partial charge in [0, 0.05) is 65.6 Å². The molecule has 4 bridgehead atoms. The maximum absolute atomic E-state index is 14.7. The zero-order chi connectivity index (χ0) is 47.7. The van der Waals surface area contributed by atoms with E-state index in [0.29, 0.717) is 41.4 Å². The number of aliphatic hydroxyl groups excluding tert-OH is 5. The first kappa shape index (κ1) is 48.1. The van der Waals surface area contributed by atoms with E-state index in [1.54, 1.807) is 40.5 Å². The molecule has 1 aliphatic heterocycles. The van der Waals surface area contributed by atoms with E-state index in [1.807, 2.05) is 23.3 Å². The highest BCUT2D eigenvalue weighted by Gasteiger charge is 2.75. The van der Waals surface area contributed by atoms with Gasteiger partial charge in [0.25, 0.3) is 0 Å². The van der Waals surface area contributed by atoms with Crippen LogP contribution in [-0.2, 0) is 4.79 Å². The van der Waals surface area contributed by atoms with Crippen LogP contribution in [0.3, 0.4) is 0 Å². The van der Waals surface area contributed by atoms with Crippen molar-refractivity contribution in [2.75, 3.05) is 24.7 Å². The number of guanidine groups is 1. The average molecular weight is 974 g/mol. The fourth-order valence-electron chi connectivity index (χ4n) is 18.8. The van der Waals surface area contributed by atoms with Crippen molar-refractivity contribution in [1.29, 1.82) is 0 Å². The van der Waals surface area contributed by atoms with Gasteiger partial charge in [0.1, 0.15) is 6.23 Å². The molecular weight excluding hydrogens is 895 g/mol. The minimum atomic E-state index is -1.60. The smallest absolute Gasteiger partial charge is 0.190 e. The molecule has 1 aromatic rings. The summed E-state index contributed by atoms with van der Waals surface area (Å²) in [5, 5.41) is 76.2. The van der Waals surface area contributed by atoms with Crippen molar-refractivity contribution in [1.82, 2.24) is 14.9 Å². The number of carbonyl (C=O) groups is 1. The maximum atomic E-state index is 14.7. The number of nitrogens with two attached hydrogens (primary N) is 1. The van der Waals surface area contributed by atoms with Gasteiger partial charge in [0.15, 0.2) is 11.7 Å². The Kier molecular flexibility index (Phi) is 12.4. The van der Waals surface area contributed by atoms with Gasteiger partial charge >= 0.3 is 0 Å². The molecule has 6 saturated carbocycles. The SMILES string of the molecule is C[C@H](O)NC(N)=NC[C@@H]1C[C@]2(CO)[C@@H]3C[C@@H](CSSC[C@H](n4ccnc4)CC(C)(C)C4=C5CCCC6(CCCC6)[C@@H]5C5=C6[C@H](CCC5)C[C@@H]3[C@H](O)[C@H]64)[C@@]2(O)C2=CC(=O)[C@@H]3C[C@@H](O)[C@@H](O)C[C@]3(C)[C@H]21. The molecule has 9 N–H and O–H groups in total. The standard InChI is InChI=1S/C54H79N5O7S2/c1-29(61)58-49(55)57-24-31-21-53(27-60)37-18-32(54(53,66)39-20-40(62)38-19-41(63)42(64)23-51(38,4)45(31)39)25-67-68-26-33(59-16-15-56-28-59)22-50(2,3)47-35-11-8-14-52(12-5-6-13-52)46(35)34-10-7-9-30-17-36(37)48(65)44(47)43(30)34/h15-16,20,28-33,36-38,41-42,44-46,48,60-61,63-66H,5-14,17-19,21-27H2,1-4H3,(H3,55,57,58)/t29-,30+,31-,32-,33+,36-,37+,38-,41+,42-,44+,45-,46+,48-,51-,53-,54+/m0/s1. The van der Waals surface area contributed by atoms with Crippen molar-refractivity contribution in [3.05, 3.63) is 52.7 Å². The molecule has 17 atom stereocenters. The Labute approximate surface area is 411 Å². The van der Waals surface area contributed by atoms with Crippen LogP contribution < -0.4 is 11.1 Å². The van der Waals surface area contributed by atoms with E-state index in [4.69, 9.17) is 10.7 Å². The number of nitrogens with one attached hydrogen (secondary N) is 1. The van der Waals surface area contributed by atoms with Crippen molar-refractivity contribution in [2.24, 2.45) is 85.6 Å². The number of fused-ring (bicyclic) bond motifs is 14. The highest BCUT2D eigenvalue weighted by molar-refractivity contribution is 8.76. The summed E-state index contributed by atoms with van der Waals surface area (Å²) in [6.45, 7) is 8.47. The van der Waals surface area contributed by atoms with Crippen molar-refractivity contribution < 1.29 is 35.4 Å². The molecule has 11 rings (SSSR count). The average Bonchev–Trinajstić information content (AvgIpc) is 4.06. The second-order valence-electron chi connectivity index (χ2n) is 24.8. The topological polar surface area (TPSA) is 207 Å². The van der Waals surface area contributed by atoms with Crippen LogP contribution in [0.4, 0.5) is 0 Å². The highest BCUT2D eigenvalue weighted by atomic mass is 33.1. The number of hydrogen-bond donors (Lipinski definition) is 8. The summed E-state index contributed by atoms with van der Waals surface area (Å²) in [7, 11) is 3.62. The highest BCUT2D eigenvalue weighted by Crippen LogP contribution is 2.74. The summed E-state index contributed by atoms with van der Waals surface area (Å²) in [4.78, 5) is 24.1. The van der Waals surface area contributed by atoms with Crippen molar-refractivity contribution in [2.45, 2.75) is 167 Å². The molecule has 68 heavy (non-hydrogen) atoms. The molecule has 2 heterocycles. The number of carbonyl (C=O) groups excluding carboxylic acids is 1. The molecule has 14 heteroatoms. The molecule has 1 saturated heterocycles. The summed E-state index contributed by atoms with van der Waals surface area (Å²) in [6, 6.07) is 0.147. The largest absolute Gasteiger partial charge is 0.396 e. The second-order valence-corrected chi connectivity index (χ2v) is 27.3. The maximum Gasteiger partial charge on any atom is 0.190 e. The Balaban J connectivity index is 1.10. The molecule has 374 valence electrons. The number of aliphatic imine (C=N–C) groups is 1. The van der Waals surface area contributed by atoms with E-state index in [-0.39, 0.29) is 78.8 Å². The van der Waals surface area contributed by atoms with Crippen LogP contribution >= 0.6 is 21.6 Å². The molecule has 10 aliphatic rings. The number of nitrogens with zero attached hydrogens (tertiary/aromatic N) is 3. The fraction of sp³-hybridized carbons (Fsp3) is 0.796. The molecule has 0 unspecified atom stereocenters. The van der Waals surface area contributed by atoms with E-state index >= 15 is 0 Å². The van der Waals surface area contributed by atoms with Crippen LogP contribution in [0.25, 0.3) is 0 Å². The van der Waals surface area contributed by atoms with Crippen LogP contribution in [0.5, 0.6) is 0 Å². The normalized spacial score (nSPS) is 45.7. The lowest BCUT2D eigenvalue weighted by atomic mass is 9.41. The van der Waals surface area contributed by atoms with Crippen LogP contribution in [-0.4, -0.2) is 107 Å². The number of rotatable bonds is 5. The lowest BCUT2D eigenvalue weighted by Crippen LogP contribution is -2.67. The summed E-state index contributed by atoms with van der Waals surface area (Å²) in [5.41, 5.74) is 9.91. The molecular formula is C54H79N5O7S2. The Hall–Kier alpha value is -2.17. The first-order valence-corrected chi connectivity index (χ1v) is 29.0. The minimum Gasteiger partial charge on any atom is -0.396 e. The monoisotopic (exact) mass is 974 g/mol. The summed E-state index contributed by atoms with van der Waals surface area (Å²) >= 11 is 0. The zero-order valence-electron chi connectivity index (χ0n) is 40.9. The number of hydrogen-bond acceptors (Lipinski definition) is 11. The molecule has 1 aromatic heterocycles. The first-order chi connectivity index (χ1) is 32.5. The third kappa shape index (κ3) is 7.14. The molecule has 7 fully saturated rings. The van der Waals surface area contributed by atoms with Gasteiger partial charge in [-0.15, -0.1) is 0 Å². The fourth-order valence-corrected chi connectivity index (χ4v) is 21.5. The molecule has 1 spiro atoms. The van der Waals surface area contributed by atoms with E-state index in [0.717, 1.165) is 44.3 Å². The van der Waals surface area contributed by atoms with Crippen molar-refractivity contribution in [3.63, 3.8) is 0 Å². The Morgan fingerprint density at radius 2 is 1.74 bits per heavy atom. The van der Waals surface area contributed by atoms with Gasteiger partial charge in [-0.05, 0) is 154 Å². The van der Waals surface area contributed by atoms with Gasteiger partial charge in [-0.1, -0.05) is 77.5 Å². The minimum absolute atomic E-state index is 0.0851. The van der Waals surface area contributed by atoms with Crippen molar-refractivity contribution in [3.8, 4) is 0 Å². The Bertz CT molecular complexity index is 2260. The molecule has 0 amide bonds. The first-order valence-electron chi connectivity index (χ1n) is 26.5. The van der Waals surface area contributed by atoms with Gasteiger partial charge in [-0.2, -0.15) is 0 Å². The molecule has 9 aliphatic carbocycles. The number of aliphatic hydroxyl groups is 6. The van der Waals surface area contributed by atoms with Crippen LogP contribution in [0.15, 0.2) is 57.7 Å². The van der Waals surface area contributed by atoms with E-state index < -0.39 is 52.8 Å². The van der Waals surface area contributed by atoms with Gasteiger partial charge in [-0.3, -0.25) is 9.79 Å². The molecule has 0 aromatic carbocycles. The lowest BCUT2D eigenvalue weighted by molar-refractivity contribution is -0.185. The van der Waals surface area contributed by atoms with E-state index in [2.05, 4.69) is 41.8 Å². The zero-order valence-corrected chi connectivity index (χ0v) is 42.5. The van der Waals surface area contributed by atoms with Gasteiger partial charge in [-0.25, -0.2) is 4.98 Å². The predicted octanol–water partition coefficient (Wildman–Crippen LogP) is 6.87. The van der Waals surface area contributed by atoms with E-state index in [1.165, 1.54) is 44.1 Å². The van der Waals surface area contributed by atoms with E-state index in [9.17, 15) is 35.4 Å². The Morgan fingerprint density at radius 1 is 0.985 bits per heavy atom. The van der Waals surface area contributed by atoms with Crippen LogP contribution in [0.2, 0.25) is 0 Å². The van der Waals surface area contributed by atoms with Crippen molar-refractivity contribution >= 4 is 33.3 Å². The Morgan fingerprint density at radius 3 is 2.47 bits per heavy atom. The van der Waals surface area contributed by atoms with Gasteiger partial charge < -0.3 is 46.3 Å². The van der Waals surface area contributed by atoms with Crippen LogP contribution in [0, 0.1) is 74.9 Å². The number of imidazole rings is 1. The lowest BCUT2D eigenvalue weighted by Gasteiger charge is -2.64. The number of aromatic nitrogens is 2. The summed E-state index contributed by atoms with van der Waals surface area (Å²) < 4.78 is 2.29. The number of allylic oxidation sites excluding steroid dienone is 3. The molecule has 12 nitrogen and oxygen atoms in total. The number of ketones is 1. The van der Waals surface area contributed by atoms with Gasteiger partial charge in [0.05, 0.1) is 36.8 Å². The third-order valence-corrected chi connectivity index (χ3v) is 23.6. The second kappa shape index (κ2) is 17.5. The third-order valence-electron chi connectivity index (χ3n) is 21.0. The summed E-state index contributed by atoms with van der Waals surface area (Å²) in [5.74, 6) is -0.120. The van der Waals surface area contributed by atoms with Crippen LogP contribution in [0.1, 0.15) is 136 Å².